The van der Waals surface area contributed by atoms with Gasteiger partial charge in [0.15, 0.2) is 0 Å². The zero-order valence-electron chi connectivity index (χ0n) is 17.1. The van der Waals surface area contributed by atoms with E-state index in [2.05, 4.69) is 15.7 Å². The first-order chi connectivity index (χ1) is 15.5. The summed E-state index contributed by atoms with van der Waals surface area (Å²) < 4.78 is 68.0. The SMILES string of the molecule is Cc1ccc([C@@H]2C[C@@H](C(F)F)n3ncc(C(=O)Nc4ccc(Cl)c(C(F)(F)F)c4)c3N2)cc1. The Balaban J connectivity index is 1.65. The van der Waals surface area contributed by atoms with E-state index in [1.807, 2.05) is 31.2 Å². The Bertz CT molecular complexity index is 1180. The van der Waals surface area contributed by atoms with E-state index in [9.17, 15) is 26.7 Å². The normalized spacial score (nSPS) is 18.1. The van der Waals surface area contributed by atoms with Gasteiger partial charge in [-0.3, -0.25) is 4.79 Å². The van der Waals surface area contributed by atoms with Gasteiger partial charge in [0.1, 0.15) is 17.4 Å². The van der Waals surface area contributed by atoms with Gasteiger partial charge in [0.25, 0.3) is 12.3 Å². The predicted molar refractivity (Wildman–Crippen MR) is 114 cm³/mol. The van der Waals surface area contributed by atoms with Crippen molar-refractivity contribution in [1.29, 1.82) is 0 Å². The van der Waals surface area contributed by atoms with Crippen LogP contribution in [-0.4, -0.2) is 22.1 Å². The second-order valence-electron chi connectivity index (χ2n) is 7.74. The molecular formula is C22H18ClF5N4O. The average Bonchev–Trinajstić information content (AvgIpc) is 3.18. The summed E-state index contributed by atoms with van der Waals surface area (Å²) in [5.74, 6) is -0.726. The molecule has 1 amide bonds. The number of aryl methyl sites for hydroxylation is 1. The molecule has 3 aromatic rings. The second kappa shape index (κ2) is 8.66. The number of anilines is 2. The van der Waals surface area contributed by atoms with Gasteiger partial charge in [-0.15, -0.1) is 0 Å². The van der Waals surface area contributed by atoms with Crippen molar-refractivity contribution in [1.82, 2.24) is 9.78 Å². The molecule has 4 rings (SSSR count). The van der Waals surface area contributed by atoms with Crippen molar-refractivity contribution >= 4 is 29.0 Å². The maximum Gasteiger partial charge on any atom is 0.417 e. The molecule has 0 aliphatic carbocycles. The van der Waals surface area contributed by atoms with Crippen LogP contribution in [0, 0.1) is 6.92 Å². The molecular weight excluding hydrogens is 467 g/mol. The molecule has 0 bridgehead atoms. The molecule has 1 aliphatic rings. The summed E-state index contributed by atoms with van der Waals surface area (Å²) >= 11 is 5.61. The average molecular weight is 485 g/mol. The molecule has 2 aromatic carbocycles. The topological polar surface area (TPSA) is 59.0 Å². The summed E-state index contributed by atoms with van der Waals surface area (Å²) in [7, 11) is 0. The predicted octanol–water partition coefficient (Wildman–Crippen LogP) is 6.48. The number of hydrogen-bond acceptors (Lipinski definition) is 3. The summed E-state index contributed by atoms with van der Waals surface area (Å²) in [6.45, 7) is 1.90. The van der Waals surface area contributed by atoms with Crippen molar-refractivity contribution in [3.8, 4) is 0 Å². The van der Waals surface area contributed by atoms with E-state index < -0.39 is 41.2 Å². The van der Waals surface area contributed by atoms with Crippen molar-refractivity contribution in [2.45, 2.75) is 38.0 Å². The van der Waals surface area contributed by atoms with E-state index in [4.69, 9.17) is 11.6 Å². The number of carbonyl (C=O) groups is 1. The molecule has 1 aromatic heterocycles. The van der Waals surface area contributed by atoms with Crippen LogP contribution in [0.1, 0.15) is 45.6 Å². The van der Waals surface area contributed by atoms with Gasteiger partial charge < -0.3 is 10.6 Å². The third-order valence-corrected chi connectivity index (χ3v) is 5.77. The number of carbonyl (C=O) groups excluding carboxylic acids is 1. The molecule has 0 unspecified atom stereocenters. The highest BCUT2D eigenvalue weighted by Crippen LogP contribution is 2.40. The lowest BCUT2D eigenvalue weighted by atomic mass is 9.96. The van der Waals surface area contributed by atoms with Crippen LogP contribution in [0.25, 0.3) is 0 Å². The second-order valence-corrected chi connectivity index (χ2v) is 8.15. The highest BCUT2D eigenvalue weighted by Gasteiger charge is 2.37. The highest BCUT2D eigenvalue weighted by molar-refractivity contribution is 6.31. The molecule has 1 aliphatic heterocycles. The first-order valence-electron chi connectivity index (χ1n) is 9.91. The number of hydrogen-bond donors (Lipinski definition) is 2. The maximum atomic E-state index is 13.8. The molecule has 5 nitrogen and oxygen atoms in total. The van der Waals surface area contributed by atoms with E-state index in [1.54, 1.807) is 0 Å². The Hall–Kier alpha value is -3.14. The summed E-state index contributed by atoms with van der Waals surface area (Å²) in [6, 6.07) is 8.50. The molecule has 2 atom stereocenters. The van der Waals surface area contributed by atoms with Crippen LogP contribution in [0.3, 0.4) is 0 Å². The number of rotatable bonds is 4. The van der Waals surface area contributed by atoms with Crippen LogP contribution in [0.4, 0.5) is 33.5 Å². The van der Waals surface area contributed by atoms with Gasteiger partial charge in [-0.1, -0.05) is 41.4 Å². The molecule has 0 spiro atoms. The molecule has 174 valence electrons. The van der Waals surface area contributed by atoms with Crippen molar-refractivity contribution < 1.29 is 26.7 Å². The Morgan fingerprint density at radius 3 is 2.55 bits per heavy atom. The van der Waals surface area contributed by atoms with Gasteiger partial charge in [-0.25, -0.2) is 13.5 Å². The zero-order chi connectivity index (χ0) is 23.9. The van der Waals surface area contributed by atoms with Gasteiger partial charge in [0.05, 0.1) is 22.8 Å². The number of fused-ring (bicyclic) bond motifs is 1. The van der Waals surface area contributed by atoms with Gasteiger partial charge in [-0.05, 0) is 37.1 Å². The van der Waals surface area contributed by atoms with Crippen LogP contribution in [-0.2, 0) is 6.18 Å². The van der Waals surface area contributed by atoms with Crippen molar-refractivity contribution in [3.05, 3.63) is 75.9 Å². The third kappa shape index (κ3) is 4.66. The zero-order valence-corrected chi connectivity index (χ0v) is 17.9. The van der Waals surface area contributed by atoms with E-state index in [1.165, 1.54) is 6.07 Å². The first-order valence-corrected chi connectivity index (χ1v) is 10.3. The van der Waals surface area contributed by atoms with Gasteiger partial charge in [-0.2, -0.15) is 18.3 Å². The fraction of sp³-hybridized carbons (Fsp3) is 0.273. The molecule has 11 heteroatoms. The standard InChI is InChI=1S/C22H18ClF5N4O/c1-11-2-4-12(5-3-11)17-9-18(19(24)25)32-20(31-17)14(10-29-32)21(33)30-13-6-7-16(23)15(8-13)22(26,27)28/h2-8,10,17-19,31H,9H2,1H3,(H,30,33)/t17-,18-/m0/s1. The van der Waals surface area contributed by atoms with Crippen molar-refractivity contribution in [3.63, 3.8) is 0 Å². The fourth-order valence-corrected chi connectivity index (χ4v) is 3.96. The first kappa shape index (κ1) is 23.0. The molecule has 0 saturated carbocycles. The largest absolute Gasteiger partial charge is 0.417 e. The molecule has 0 radical (unpaired) electrons. The van der Waals surface area contributed by atoms with Crippen LogP contribution in [0.5, 0.6) is 0 Å². The summed E-state index contributed by atoms with van der Waals surface area (Å²) in [5.41, 5.74) is 0.451. The van der Waals surface area contributed by atoms with E-state index >= 15 is 0 Å². The lowest BCUT2D eigenvalue weighted by Crippen LogP contribution is -2.31. The van der Waals surface area contributed by atoms with E-state index in [-0.39, 0.29) is 23.5 Å². The Morgan fingerprint density at radius 2 is 1.91 bits per heavy atom. The number of benzene rings is 2. The number of nitrogens with one attached hydrogen (secondary N) is 2. The monoisotopic (exact) mass is 484 g/mol. The lowest BCUT2D eigenvalue weighted by molar-refractivity contribution is -0.137. The van der Waals surface area contributed by atoms with Gasteiger partial charge >= 0.3 is 6.18 Å². The number of aromatic nitrogens is 2. The minimum atomic E-state index is -4.71. The summed E-state index contributed by atoms with van der Waals surface area (Å²) in [5, 5.41) is 8.88. The molecule has 2 N–H and O–H groups in total. The van der Waals surface area contributed by atoms with Gasteiger partial charge in [0.2, 0.25) is 0 Å². The molecule has 33 heavy (non-hydrogen) atoms. The quantitative estimate of drug-likeness (QED) is 0.417. The van der Waals surface area contributed by atoms with Gasteiger partial charge in [0, 0.05) is 5.69 Å². The minimum Gasteiger partial charge on any atom is -0.363 e. The van der Waals surface area contributed by atoms with E-state index in [0.717, 1.165) is 28.1 Å². The van der Waals surface area contributed by atoms with Crippen LogP contribution >= 0.6 is 11.6 Å². The summed E-state index contributed by atoms with van der Waals surface area (Å²) in [6.07, 6.45) is -6.28. The van der Waals surface area contributed by atoms with Crippen LogP contribution in [0.15, 0.2) is 48.7 Å². The smallest absolute Gasteiger partial charge is 0.363 e. The number of alkyl halides is 5. The number of halogens is 6. The van der Waals surface area contributed by atoms with Crippen LogP contribution in [0.2, 0.25) is 5.02 Å². The Morgan fingerprint density at radius 1 is 1.21 bits per heavy atom. The highest BCUT2D eigenvalue weighted by atomic mass is 35.5. The third-order valence-electron chi connectivity index (χ3n) is 5.44. The fourth-order valence-electron chi connectivity index (χ4n) is 3.74. The van der Waals surface area contributed by atoms with E-state index in [0.29, 0.717) is 6.07 Å². The Labute approximate surface area is 190 Å². The van der Waals surface area contributed by atoms with Crippen molar-refractivity contribution in [2.75, 3.05) is 10.6 Å². The lowest BCUT2D eigenvalue weighted by Gasteiger charge is -2.32. The van der Waals surface area contributed by atoms with Crippen LogP contribution < -0.4 is 10.6 Å². The summed E-state index contributed by atoms with van der Waals surface area (Å²) in [4.78, 5) is 12.9. The number of amides is 1. The molecule has 0 fully saturated rings. The maximum absolute atomic E-state index is 13.8. The molecule has 2 heterocycles. The molecule has 0 saturated heterocycles. The number of nitrogens with zero attached hydrogens (tertiary/aromatic N) is 2. The Kier molecular flexibility index (Phi) is 6.04. The minimum absolute atomic E-state index is 0.0442. The van der Waals surface area contributed by atoms with Crippen molar-refractivity contribution in [2.24, 2.45) is 0 Å².